The molecular weight excluding hydrogens is 412 g/mol. The third kappa shape index (κ3) is 1.90. The van der Waals surface area contributed by atoms with Crippen molar-refractivity contribution in [3.8, 4) is 11.5 Å². The summed E-state index contributed by atoms with van der Waals surface area (Å²) in [7, 11) is 0. The molecular formula is C20H23BrN2O4. The van der Waals surface area contributed by atoms with Gasteiger partial charge in [0.05, 0.1) is 15.5 Å². The van der Waals surface area contributed by atoms with Crippen molar-refractivity contribution in [2.45, 2.75) is 55.3 Å². The van der Waals surface area contributed by atoms with Crippen LogP contribution in [-0.4, -0.2) is 58.4 Å². The minimum absolute atomic E-state index is 0.0273. The Morgan fingerprint density at radius 1 is 1.37 bits per heavy atom. The van der Waals surface area contributed by atoms with E-state index in [1.165, 1.54) is 12.8 Å². The Morgan fingerprint density at radius 3 is 2.96 bits per heavy atom. The van der Waals surface area contributed by atoms with Crippen LogP contribution in [0.15, 0.2) is 10.5 Å². The first-order valence-electron chi connectivity index (χ1n) is 9.91. The number of rotatable bonds is 2. The Hall–Kier alpha value is -1.31. The number of phenolic OH excluding ortho intramolecular Hbond substituents is 1. The van der Waals surface area contributed by atoms with Crippen molar-refractivity contribution in [2.24, 2.45) is 5.92 Å². The Labute approximate surface area is 166 Å². The highest BCUT2D eigenvalue weighted by Gasteiger charge is 2.72. The molecule has 3 aliphatic heterocycles. The number of carbonyl (C=O) groups excluding carboxylic acids is 1. The lowest BCUT2D eigenvalue weighted by Gasteiger charge is -2.60. The summed E-state index contributed by atoms with van der Waals surface area (Å²) in [6.07, 6.45) is 3.67. The van der Waals surface area contributed by atoms with E-state index >= 15 is 0 Å². The van der Waals surface area contributed by atoms with Crippen molar-refractivity contribution in [2.75, 3.05) is 19.6 Å². The van der Waals surface area contributed by atoms with Crippen molar-refractivity contribution in [3.63, 3.8) is 0 Å². The molecule has 3 fully saturated rings. The number of piperidine rings is 1. The van der Waals surface area contributed by atoms with E-state index in [0.29, 0.717) is 29.6 Å². The first-order valence-corrected chi connectivity index (χ1v) is 10.7. The van der Waals surface area contributed by atoms with E-state index in [9.17, 15) is 15.0 Å². The summed E-state index contributed by atoms with van der Waals surface area (Å²) in [4.78, 5) is 15.3. The first kappa shape index (κ1) is 16.6. The lowest BCUT2D eigenvalue weighted by atomic mass is 9.52. The molecule has 2 aliphatic carbocycles. The number of benzene rings is 1. The minimum Gasteiger partial charge on any atom is -0.503 e. The monoisotopic (exact) mass is 434 g/mol. The second-order valence-electron chi connectivity index (χ2n) is 8.91. The number of ether oxygens (including phenoxy) is 1. The van der Waals surface area contributed by atoms with E-state index < -0.39 is 17.1 Å². The molecule has 2 saturated heterocycles. The first-order chi connectivity index (χ1) is 13.0. The summed E-state index contributed by atoms with van der Waals surface area (Å²) in [5, 5.41) is 25.7. The highest BCUT2D eigenvalue weighted by Crippen LogP contribution is 2.64. The van der Waals surface area contributed by atoms with Gasteiger partial charge in [-0.2, -0.15) is 0 Å². The van der Waals surface area contributed by atoms with Crippen LogP contribution in [0.2, 0.25) is 0 Å². The zero-order valence-electron chi connectivity index (χ0n) is 15.0. The van der Waals surface area contributed by atoms with E-state index in [-0.39, 0.29) is 17.7 Å². The number of halogens is 1. The summed E-state index contributed by atoms with van der Waals surface area (Å²) in [5.41, 5.74) is 0.138. The van der Waals surface area contributed by atoms with Crippen LogP contribution in [0.3, 0.4) is 0 Å². The van der Waals surface area contributed by atoms with Crippen LogP contribution in [0.4, 0.5) is 0 Å². The van der Waals surface area contributed by atoms with Crippen molar-refractivity contribution in [1.29, 1.82) is 0 Å². The Morgan fingerprint density at radius 2 is 2.19 bits per heavy atom. The molecule has 1 spiro atoms. The highest BCUT2D eigenvalue weighted by molar-refractivity contribution is 9.10. The summed E-state index contributed by atoms with van der Waals surface area (Å²) < 4.78 is 6.69. The van der Waals surface area contributed by atoms with Gasteiger partial charge in [0.25, 0.3) is 5.91 Å². The Bertz CT molecular complexity index is 872. The third-order valence-corrected chi connectivity index (χ3v) is 8.23. The molecule has 6 nitrogen and oxygen atoms in total. The van der Waals surface area contributed by atoms with Gasteiger partial charge in [0.1, 0.15) is 0 Å². The van der Waals surface area contributed by atoms with Gasteiger partial charge in [-0.1, -0.05) is 0 Å². The number of hydrogen-bond acceptors (Lipinski definition) is 5. The Kier molecular flexibility index (Phi) is 3.19. The molecule has 0 aromatic heterocycles. The Balaban J connectivity index is 1.60. The van der Waals surface area contributed by atoms with Gasteiger partial charge < -0.3 is 20.3 Å². The molecule has 6 rings (SSSR count). The van der Waals surface area contributed by atoms with E-state index in [4.69, 9.17) is 4.74 Å². The van der Waals surface area contributed by atoms with E-state index in [2.05, 4.69) is 26.1 Å². The number of carbonyl (C=O) groups is 1. The van der Waals surface area contributed by atoms with Crippen LogP contribution in [-0.2, 0) is 16.6 Å². The maximum atomic E-state index is 12.9. The SMILES string of the molecule is O=C1NCC[C@@]2(O)[C@H]3Cc4cc(Br)c(O)c5c4[C@@]2(CCN3CC2CC2)[C@H]1O5. The molecule has 1 saturated carbocycles. The van der Waals surface area contributed by atoms with Crippen molar-refractivity contribution >= 4 is 21.8 Å². The van der Waals surface area contributed by atoms with Gasteiger partial charge in [-0.3, -0.25) is 9.69 Å². The van der Waals surface area contributed by atoms with Crippen LogP contribution < -0.4 is 10.1 Å². The predicted molar refractivity (Wildman–Crippen MR) is 101 cm³/mol. The molecule has 4 atom stereocenters. The average molecular weight is 435 g/mol. The minimum atomic E-state index is -1.04. The van der Waals surface area contributed by atoms with E-state index in [1.807, 2.05) is 6.07 Å². The molecule has 3 heterocycles. The van der Waals surface area contributed by atoms with Crippen LogP contribution in [0.25, 0.3) is 0 Å². The zero-order chi connectivity index (χ0) is 18.6. The van der Waals surface area contributed by atoms with Gasteiger partial charge in [0.15, 0.2) is 17.6 Å². The van der Waals surface area contributed by atoms with Gasteiger partial charge in [-0.25, -0.2) is 0 Å². The lowest BCUT2D eigenvalue weighted by molar-refractivity contribution is -0.168. The molecule has 0 unspecified atom stereocenters. The number of nitrogens with zero attached hydrogens (tertiary/aromatic N) is 1. The number of aliphatic hydroxyl groups is 1. The summed E-state index contributed by atoms with van der Waals surface area (Å²) >= 11 is 3.44. The van der Waals surface area contributed by atoms with Crippen molar-refractivity contribution in [3.05, 3.63) is 21.7 Å². The molecule has 2 bridgehead atoms. The van der Waals surface area contributed by atoms with Crippen LogP contribution in [0, 0.1) is 5.92 Å². The zero-order valence-corrected chi connectivity index (χ0v) is 16.6. The predicted octanol–water partition coefficient (Wildman–Crippen LogP) is 1.44. The molecule has 1 aromatic carbocycles. The van der Waals surface area contributed by atoms with Gasteiger partial charge in [0, 0.05) is 24.7 Å². The molecule has 0 radical (unpaired) electrons. The largest absolute Gasteiger partial charge is 0.503 e. The molecule has 27 heavy (non-hydrogen) atoms. The van der Waals surface area contributed by atoms with Crippen LogP contribution >= 0.6 is 15.9 Å². The number of aromatic hydroxyl groups is 1. The molecule has 3 N–H and O–H groups in total. The summed E-state index contributed by atoms with van der Waals surface area (Å²) in [6, 6.07) is 1.93. The maximum absolute atomic E-state index is 12.9. The second-order valence-corrected chi connectivity index (χ2v) is 9.77. The lowest BCUT2D eigenvalue weighted by Crippen LogP contribution is -2.74. The normalized spacial score (nSPS) is 39.4. The maximum Gasteiger partial charge on any atom is 0.262 e. The number of phenols is 1. The van der Waals surface area contributed by atoms with Gasteiger partial charge in [-0.05, 0) is 72.1 Å². The number of likely N-dealkylation sites (tertiary alicyclic amines) is 1. The highest BCUT2D eigenvalue weighted by atomic mass is 79.9. The second kappa shape index (κ2) is 5.19. The van der Waals surface area contributed by atoms with E-state index in [1.54, 1.807) is 0 Å². The fraction of sp³-hybridized carbons (Fsp3) is 0.650. The molecule has 5 aliphatic rings. The summed E-state index contributed by atoms with van der Waals surface area (Å²) in [6.45, 7) is 2.33. The molecule has 7 heteroatoms. The number of hydrogen-bond donors (Lipinski definition) is 3. The van der Waals surface area contributed by atoms with Crippen molar-refractivity contribution < 1.29 is 19.7 Å². The smallest absolute Gasteiger partial charge is 0.262 e. The van der Waals surface area contributed by atoms with Gasteiger partial charge in [-0.15, -0.1) is 0 Å². The van der Waals surface area contributed by atoms with Gasteiger partial charge >= 0.3 is 0 Å². The number of amides is 1. The summed E-state index contributed by atoms with van der Waals surface area (Å²) in [5.74, 6) is 0.978. The van der Waals surface area contributed by atoms with Gasteiger partial charge in [0.2, 0.25) is 0 Å². The van der Waals surface area contributed by atoms with Crippen LogP contribution in [0.5, 0.6) is 11.5 Å². The fourth-order valence-electron chi connectivity index (χ4n) is 6.26. The van der Waals surface area contributed by atoms with E-state index in [0.717, 1.165) is 36.6 Å². The average Bonchev–Trinajstić information content (AvgIpc) is 3.38. The standard InChI is InChI=1S/C20H23BrN2O4/c21-12-7-11-8-13-20(26)3-5-22-18(25)17-19(20,14(11)16(27-17)15(12)24)4-6-23(13)9-10-1-2-10/h7,10,13,17,24,26H,1-6,8-9H2,(H,22,25)/t13-,17+,19+,20-/m1/s1. The molecule has 1 aromatic rings. The van der Waals surface area contributed by atoms with Crippen LogP contribution in [0.1, 0.15) is 36.8 Å². The molecule has 1 amide bonds. The fourth-order valence-corrected chi connectivity index (χ4v) is 6.72. The molecule has 144 valence electrons. The van der Waals surface area contributed by atoms with Crippen molar-refractivity contribution in [1.82, 2.24) is 10.2 Å². The third-order valence-electron chi connectivity index (χ3n) is 7.62. The topological polar surface area (TPSA) is 82.0 Å². The quantitative estimate of drug-likeness (QED) is 0.655. The number of nitrogens with one attached hydrogen (secondary N) is 1.